The number of aromatic carboxylic acids is 1. The smallest absolute Gasteiger partial charge is 0.335 e. The highest BCUT2D eigenvalue weighted by Gasteiger charge is 2.41. The van der Waals surface area contributed by atoms with E-state index in [0.29, 0.717) is 11.5 Å². The largest absolute Gasteiger partial charge is 0.478 e. The van der Waals surface area contributed by atoms with Gasteiger partial charge < -0.3 is 5.11 Å². The van der Waals surface area contributed by atoms with E-state index >= 15 is 0 Å². The standard InChI is InChI=1S/C25H33O2/c1-5-16-25(23(7-3)19(4)6-2,18-20-12-9-8-10-13-20)22-15-11-14-21(17-22)24(26)27/h8-15,17,19H,5-7,16,18H2,1-4H3,(H,26,27). The highest BCUT2D eigenvalue weighted by molar-refractivity contribution is 5.87. The van der Waals surface area contributed by atoms with Crippen LogP contribution in [0.15, 0.2) is 54.6 Å². The molecule has 2 heteroatoms. The van der Waals surface area contributed by atoms with E-state index in [1.807, 2.05) is 12.1 Å². The zero-order chi connectivity index (χ0) is 19.9. The normalized spacial score (nSPS) is 14.7. The Morgan fingerprint density at radius 3 is 2.30 bits per heavy atom. The third-order valence-corrected chi connectivity index (χ3v) is 5.89. The Hall–Kier alpha value is -2.09. The minimum Gasteiger partial charge on any atom is -0.478 e. The molecule has 1 radical (unpaired) electrons. The average molecular weight is 366 g/mol. The first-order chi connectivity index (χ1) is 13.0. The van der Waals surface area contributed by atoms with Gasteiger partial charge in [-0.15, -0.1) is 0 Å². The van der Waals surface area contributed by atoms with Crippen LogP contribution in [0.2, 0.25) is 0 Å². The van der Waals surface area contributed by atoms with Crippen molar-refractivity contribution >= 4 is 5.97 Å². The quantitative estimate of drug-likeness (QED) is 0.509. The van der Waals surface area contributed by atoms with Gasteiger partial charge in [0.2, 0.25) is 0 Å². The first-order valence-corrected chi connectivity index (χ1v) is 10.2. The lowest BCUT2D eigenvalue weighted by atomic mass is 9.59. The Kier molecular flexibility index (Phi) is 7.65. The molecule has 2 atom stereocenters. The molecule has 2 nitrogen and oxygen atoms in total. The molecule has 2 aromatic rings. The van der Waals surface area contributed by atoms with E-state index in [1.54, 1.807) is 12.0 Å². The van der Waals surface area contributed by atoms with Crippen LogP contribution in [0.25, 0.3) is 0 Å². The maximum atomic E-state index is 11.6. The van der Waals surface area contributed by atoms with Gasteiger partial charge in [0.1, 0.15) is 0 Å². The maximum absolute atomic E-state index is 11.6. The van der Waals surface area contributed by atoms with Crippen molar-refractivity contribution in [1.29, 1.82) is 0 Å². The number of carbonyl (C=O) groups is 1. The zero-order valence-corrected chi connectivity index (χ0v) is 17.2. The SMILES string of the molecule is CCCC(Cc1ccccc1)([C](CC)C(C)CC)c1cccc(C(=O)O)c1. The van der Waals surface area contributed by atoms with Crippen LogP contribution < -0.4 is 0 Å². The highest BCUT2D eigenvalue weighted by Crippen LogP contribution is 2.47. The summed E-state index contributed by atoms with van der Waals surface area (Å²) in [6.07, 6.45) is 5.11. The van der Waals surface area contributed by atoms with Crippen LogP contribution in [0.4, 0.5) is 0 Å². The van der Waals surface area contributed by atoms with Crippen molar-refractivity contribution in [3.63, 3.8) is 0 Å². The van der Waals surface area contributed by atoms with Gasteiger partial charge in [-0.1, -0.05) is 83.0 Å². The van der Waals surface area contributed by atoms with Crippen molar-refractivity contribution in [3.8, 4) is 0 Å². The number of hydrogen-bond donors (Lipinski definition) is 1. The van der Waals surface area contributed by atoms with Crippen molar-refractivity contribution < 1.29 is 9.90 Å². The molecule has 0 aromatic heterocycles. The van der Waals surface area contributed by atoms with E-state index in [-0.39, 0.29) is 5.41 Å². The molecule has 0 saturated heterocycles. The Bertz CT molecular complexity index is 722. The van der Waals surface area contributed by atoms with E-state index in [0.717, 1.165) is 37.7 Å². The molecule has 0 fully saturated rings. The van der Waals surface area contributed by atoms with Crippen molar-refractivity contribution in [2.24, 2.45) is 5.92 Å². The van der Waals surface area contributed by atoms with E-state index in [1.165, 1.54) is 5.56 Å². The summed E-state index contributed by atoms with van der Waals surface area (Å²) in [6, 6.07) is 18.2. The first kappa shape index (κ1) is 21.2. The lowest BCUT2D eigenvalue weighted by Gasteiger charge is -2.44. The van der Waals surface area contributed by atoms with E-state index in [2.05, 4.69) is 64.1 Å². The monoisotopic (exact) mass is 365 g/mol. The molecule has 2 unspecified atom stereocenters. The maximum Gasteiger partial charge on any atom is 0.335 e. The van der Waals surface area contributed by atoms with Gasteiger partial charge in [-0.3, -0.25) is 0 Å². The Balaban J connectivity index is 2.66. The number of rotatable bonds is 10. The minimum atomic E-state index is -0.858. The third-order valence-electron chi connectivity index (χ3n) is 5.89. The Labute approximate surface area is 164 Å². The number of carboxylic acids is 1. The van der Waals surface area contributed by atoms with Gasteiger partial charge >= 0.3 is 5.97 Å². The highest BCUT2D eigenvalue weighted by atomic mass is 16.4. The fraction of sp³-hybridized carbons (Fsp3) is 0.440. The summed E-state index contributed by atoms with van der Waals surface area (Å²) >= 11 is 0. The van der Waals surface area contributed by atoms with Gasteiger partial charge in [-0.25, -0.2) is 4.79 Å². The fourth-order valence-electron chi connectivity index (χ4n) is 4.52. The van der Waals surface area contributed by atoms with Gasteiger partial charge in [0.25, 0.3) is 0 Å². The van der Waals surface area contributed by atoms with E-state index in [4.69, 9.17) is 0 Å². The summed E-state index contributed by atoms with van der Waals surface area (Å²) in [6.45, 7) is 9.03. The van der Waals surface area contributed by atoms with Crippen LogP contribution in [-0.2, 0) is 11.8 Å². The molecule has 2 aromatic carbocycles. The predicted octanol–water partition coefficient (Wildman–Crippen LogP) is 6.70. The molecule has 0 saturated carbocycles. The first-order valence-electron chi connectivity index (χ1n) is 10.2. The Morgan fingerprint density at radius 2 is 1.74 bits per heavy atom. The molecule has 0 heterocycles. The molecule has 2 rings (SSSR count). The third kappa shape index (κ3) is 4.80. The van der Waals surface area contributed by atoms with E-state index < -0.39 is 5.97 Å². The molecule has 145 valence electrons. The average Bonchev–Trinajstić information content (AvgIpc) is 2.69. The minimum absolute atomic E-state index is 0.133. The van der Waals surface area contributed by atoms with Crippen molar-refractivity contribution in [2.75, 3.05) is 0 Å². The zero-order valence-electron chi connectivity index (χ0n) is 17.2. The fourth-order valence-corrected chi connectivity index (χ4v) is 4.52. The van der Waals surface area contributed by atoms with Gasteiger partial charge in [-0.2, -0.15) is 0 Å². The summed E-state index contributed by atoms with van der Waals surface area (Å²) in [4.78, 5) is 11.6. The van der Waals surface area contributed by atoms with E-state index in [9.17, 15) is 9.90 Å². The summed E-state index contributed by atoms with van der Waals surface area (Å²) < 4.78 is 0. The lowest BCUT2D eigenvalue weighted by molar-refractivity contribution is 0.0696. The second kappa shape index (κ2) is 9.73. The molecular weight excluding hydrogens is 332 g/mol. The van der Waals surface area contributed by atoms with Gasteiger partial charge in [0.05, 0.1) is 5.56 Å². The van der Waals surface area contributed by atoms with Crippen LogP contribution in [0.5, 0.6) is 0 Å². The molecule has 0 amide bonds. The summed E-state index contributed by atoms with van der Waals surface area (Å²) in [5.41, 5.74) is 2.69. The van der Waals surface area contributed by atoms with Gasteiger partial charge in [0.15, 0.2) is 0 Å². The van der Waals surface area contributed by atoms with Crippen LogP contribution in [0.1, 0.15) is 74.9 Å². The summed E-state index contributed by atoms with van der Waals surface area (Å²) in [5.74, 6) is 1.18. The van der Waals surface area contributed by atoms with Crippen LogP contribution in [0, 0.1) is 11.8 Å². The van der Waals surface area contributed by atoms with Gasteiger partial charge in [0, 0.05) is 5.41 Å². The van der Waals surface area contributed by atoms with Crippen LogP contribution in [-0.4, -0.2) is 11.1 Å². The Morgan fingerprint density at radius 1 is 1.04 bits per heavy atom. The molecule has 1 N–H and O–H groups in total. The molecule has 27 heavy (non-hydrogen) atoms. The molecule has 0 spiro atoms. The number of benzene rings is 2. The second-order valence-corrected chi connectivity index (χ2v) is 7.57. The van der Waals surface area contributed by atoms with Crippen molar-refractivity contribution in [2.45, 2.75) is 65.2 Å². The molecule has 0 aliphatic heterocycles. The number of carboxylic acid groups (broad SMARTS) is 1. The second-order valence-electron chi connectivity index (χ2n) is 7.57. The topological polar surface area (TPSA) is 37.3 Å². The molecular formula is C25H33O2. The lowest BCUT2D eigenvalue weighted by Crippen LogP contribution is -2.39. The summed E-state index contributed by atoms with van der Waals surface area (Å²) in [5, 5.41) is 9.54. The van der Waals surface area contributed by atoms with Gasteiger partial charge in [-0.05, 0) is 54.4 Å². The van der Waals surface area contributed by atoms with Crippen LogP contribution >= 0.6 is 0 Å². The van der Waals surface area contributed by atoms with Crippen LogP contribution in [0.3, 0.4) is 0 Å². The molecule has 0 bridgehead atoms. The molecule has 0 aliphatic rings. The number of hydrogen-bond acceptors (Lipinski definition) is 1. The molecule has 0 aliphatic carbocycles. The summed E-state index contributed by atoms with van der Waals surface area (Å²) in [7, 11) is 0. The van der Waals surface area contributed by atoms with Crippen molar-refractivity contribution in [3.05, 3.63) is 77.2 Å². The van der Waals surface area contributed by atoms with Crippen molar-refractivity contribution in [1.82, 2.24) is 0 Å². The predicted molar refractivity (Wildman–Crippen MR) is 113 cm³/mol.